The molecule has 0 spiro atoms. The summed E-state index contributed by atoms with van der Waals surface area (Å²) in [6, 6.07) is 5.08. The zero-order valence-electron chi connectivity index (χ0n) is 14.4. The molecule has 25 heavy (non-hydrogen) atoms. The Labute approximate surface area is 151 Å². The van der Waals surface area contributed by atoms with E-state index in [-0.39, 0.29) is 5.82 Å². The fourth-order valence-electron chi connectivity index (χ4n) is 3.95. The second-order valence-electron chi connectivity index (χ2n) is 7.16. The topological polar surface area (TPSA) is 36.4 Å². The summed E-state index contributed by atoms with van der Waals surface area (Å²) >= 11 is 1.53. The van der Waals surface area contributed by atoms with E-state index in [9.17, 15) is 9.18 Å². The van der Waals surface area contributed by atoms with Crippen molar-refractivity contribution in [2.24, 2.45) is 5.92 Å². The van der Waals surface area contributed by atoms with Crippen molar-refractivity contribution >= 4 is 32.6 Å². The Morgan fingerprint density at radius 2 is 1.92 bits per heavy atom. The second kappa shape index (κ2) is 7.28. The summed E-state index contributed by atoms with van der Waals surface area (Å²) in [7, 11) is 0. The molecule has 0 N–H and O–H groups in total. The molecule has 1 aromatic heterocycles. The SMILES string of the molecule is O=C(CC1CCCCC1)N1CCN(c2nc3c(F)cccc3s2)CC1. The Kier molecular flexibility index (Phi) is 4.88. The van der Waals surface area contributed by atoms with Gasteiger partial charge in [-0.15, -0.1) is 0 Å². The average molecular weight is 361 g/mol. The highest BCUT2D eigenvalue weighted by Crippen LogP contribution is 2.31. The molecule has 1 saturated heterocycles. The van der Waals surface area contributed by atoms with Crippen molar-refractivity contribution in [1.29, 1.82) is 0 Å². The first kappa shape index (κ1) is 16.8. The zero-order valence-corrected chi connectivity index (χ0v) is 15.2. The van der Waals surface area contributed by atoms with Crippen molar-refractivity contribution in [2.75, 3.05) is 31.1 Å². The van der Waals surface area contributed by atoms with E-state index in [4.69, 9.17) is 0 Å². The molecule has 2 aliphatic rings. The molecule has 2 heterocycles. The molecule has 0 bridgehead atoms. The van der Waals surface area contributed by atoms with Gasteiger partial charge in [0.15, 0.2) is 5.13 Å². The number of halogens is 1. The van der Waals surface area contributed by atoms with E-state index in [0.29, 0.717) is 23.8 Å². The Bertz CT molecular complexity index is 748. The van der Waals surface area contributed by atoms with Gasteiger partial charge in [-0.25, -0.2) is 9.37 Å². The minimum absolute atomic E-state index is 0.263. The van der Waals surface area contributed by atoms with E-state index in [1.807, 2.05) is 11.0 Å². The van der Waals surface area contributed by atoms with E-state index in [0.717, 1.165) is 36.0 Å². The molecule has 0 unspecified atom stereocenters. The lowest BCUT2D eigenvalue weighted by molar-refractivity contribution is -0.132. The number of fused-ring (bicyclic) bond motifs is 1. The molecule has 4 rings (SSSR count). The van der Waals surface area contributed by atoms with Crippen LogP contribution >= 0.6 is 11.3 Å². The fourth-order valence-corrected chi connectivity index (χ4v) is 4.98. The first-order valence-electron chi connectivity index (χ1n) is 9.28. The molecule has 0 atom stereocenters. The highest BCUT2D eigenvalue weighted by Gasteiger charge is 2.25. The first-order valence-corrected chi connectivity index (χ1v) is 10.1. The molecule has 6 heteroatoms. The molecular formula is C19H24FN3OS. The van der Waals surface area contributed by atoms with Gasteiger partial charge in [0.2, 0.25) is 5.91 Å². The van der Waals surface area contributed by atoms with Gasteiger partial charge in [-0.3, -0.25) is 4.79 Å². The molecule has 1 aliphatic carbocycles. The van der Waals surface area contributed by atoms with Crippen LogP contribution in [0.4, 0.5) is 9.52 Å². The summed E-state index contributed by atoms with van der Waals surface area (Å²) < 4.78 is 14.7. The van der Waals surface area contributed by atoms with Gasteiger partial charge in [-0.1, -0.05) is 36.7 Å². The predicted octanol–water partition coefficient (Wildman–Crippen LogP) is 4.05. The number of carbonyl (C=O) groups is 1. The van der Waals surface area contributed by atoms with Crippen molar-refractivity contribution in [1.82, 2.24) is 9.88 Å². The van der Waals surface area contributed by atoms with Crippen molar-refractivity contribution in [3.05, 3.63) is 24.0 Å². The summed E-state index contributed by atoms with van der Waals surface area (Å²) in [5.41, 5.74) is 0.457. The van der Waals surface area contributed by atoms with Gasteiger partial charge in [0.1, 0.15) is 11.3 Å². The number of aromatic nitrogens is 1. The van der Waals surface area contributed by atoms with Crippen LogP contribution in [0.5, 0.6) is 0 Å². The van der Waals surface area contributed by atoms with E-state index >= 15 is 0 Å². The van der Waals surface area contributed by atoms with Crippen LogP contribution in [0, 0.1) is 11.7 Å². The third-order valence-electron chi connectivity index (χ3n) is 5.45. The summed E-state index contributed by atoms with van der Waals surface area (Å²) in [5.74, 6) is 0.634. The lowest BCUT2D eigenvalue weighted by Crippen LogP contribution is -2.49. The minimum Gasteiger partial charge on any atom is -0.345 e. The highest BCUT2D eigenvalue weighted by atomic mass is 32.1. The van der Waals surface area contributed by atoms with Crippen molar-refractivity contribution in [3.63, 3.8) is 0 Å². The summed E-state index contributed by atoms with van der Waals surface area (Å²) in [6.07, 6.45) is 7.02. The Balaban J connectivity index is 1.35. The number of carbonyl (C=O) groups excluding carboxylic acids is 1. The second-order valence-corrected chi connectivity index (χ2v) is 8.17. The van der Waals surface area contributed by atoms with Gasteiger partial charge < -0.3 is 9.80 Å². The number of thiazole rings is 1. The summed E-state index contributed by atoms with van der Waals surface area (Å²) in [5, 5.41) is 0.861. The maximum absolute atomic E-state index is 13.8. The lowest BCUT2D eigenvalue weighted by Gasteiger charge is -2.35. The Hall–Kier alpha value is -1.69. The van der Waals surface area contributed by atoms with Gasteiger partial charge >= 0.3 is 0 Å². The number of hydrogen-bond acceptors (Lipinski definition) is 4. The maximum Gasteiger partial charge on any atom is 0.222 e. The number of hydrogen-bond donors (Lipinski definition) is 0. The smallest absolute Gasteiger partial charge is 0.222 e. The molecule has 1 aliphatic heterocycles. The van der Waals surface area contributed by atoms with Gasteiger partial charge in [-0.2, -0.15) is 0 Å². The molecule has 134 valence electrons. The van der Waals surface area contributed by atoms with Crippen molar-refractivity contribution in [2.45, 2.75) is 38.5 Å². The molecule has 0 radical (unpaired) electrons. The van der Waals surface area contributed by atoms with Gasteiger partial charge in [0, 0.05) is 32.6 Å². The van der Waals surface area contributed by atoms with Crippen LogP contribution in [0.25, 0.3) is 10.2 Å². The van der Waals surface area contributed by atoms with Gasteiger partial charge in [0.25, 0.3) is 0 Å². The number of amides is 1. The molecule has 1 saturated carbocycles. The number of para-hydroxylation sites is 1. The fraction of sp³-hybridized carbons (Fsp3) is 0.579. The predicted molar refractivity (Wildman–Crippen MR) is 99.6 cm³/mol. The van der Waals surface area contributed by atoms with Crippen molar-refractivity contribution in [3.8, 4) is 0 Å². The molecular weight excluding hydrogens is 337 g/mol. The minimum atomic E-state index is -0.263. The van der Waals surface area contributed by atoms with Crippen LogP contribution in [-0.4, -0.2) is 42.0 Å². The molecule has 1 amide bonds. The monoisotopic (exact) mass is 361 g/mol. The molecule has 2 fully saturated rings. The Morgan fingerprint density at radius 3 is 2.64 bits per heavy atom. The van der Waals surface area contributed by atoms with Crippen LogP contribution in [0.2, 0.25) is 0 Å². The van der Waals surface area contributed by atoms with Gasteiger partial charge in [-0.05, 0) is 30.9 Å². The zero-order chi connectivity index (χ0) is 17.2. The Morgan fingerprint density at radius 1 is 1.16 bits per heavy atom. The third-order valence-corrected chi connectivity index (χ3v) is 6.53. The number of rotatable bonds is 3. The average Bonchev–Trinajstić information content (AvgIpc) is 3.08. The number of piperazine rings is 1. The van der Waals surface area contributed by atoms with Crippen molar-refractivity contribution < 1.29 is 9.18 Å². The first-order chi connectivity index (χ1) is 12.2. The molecule has 2 aromatic rings. The largest absolute Gasteiger partial charge is 0.345 e. The van der Waals surface area contributed by atoms with Crippen LogP contribution in [0.15, 0.2) is 18.2 Å². The van der Waals surface area contributed by atoms with Crippen LogP contribution in [0.3, 0.4) is 0 Å². The summed E-state index contributed by atoms with van der Waals surface area (Å²) in [4.78, 5) is 21.2. The van der Waals surface area contributed by atoms with Crippen LogP contribution in [-0.2, 0) is 4.79 Å². The lowest BCUT2D eigenvalue weighted by atomic mass is 9.86. The van der Waals surface area contributed by atoms with E-state index in [2.05, 4.69) is 9.88 Å². The number of benzene rings is 1. The standard InChI is InChI=1S/C19H24FN3OS/c20-15-7-4-8-16-18(15)21-19(25-16)23-11-9-22(10-12-23)17(24)13-14-5-2-1-3-6-14/h4,7-8,14H,1-3,5-6,9-13H2. The number of anilines is 1. The normalized spacial score (nSPS) is 19.6. The molecule has 4 nitrogen and oxygen atoms in total. The molecule has 1 aromatic carbocycles. The van der Waals surface area contributed by atoms with Crippen LogP contribution in [0.1, 0.15) is 38.5 Å². The highest BCUT2D eigenvalue weighted by molar-refractivity contribution is 7.22. The van der Waals surface area contributed by atoms with Crippen LogP contribution < -0.4 is 4.90 Å². The maximum atomic E-state index is 13.8. The quantitative estimate of drug-likeness (QED) is 0.827. The van der Waals surface area contributed by atoms with Gasteiger partial charge in [0.05, 0.1) is 4.70 Å². The van der Waals surface area contributed by atoms with E-state index in [1.54, 1.807) is 6.07 Å². The summed E-state index contributed by atoms with van der Waals surface area (Å²) in [6.45, 7) is 3.03. The van der Waals surface area contributed by atoms with E-state index in [1.165, 1.54) is 49.5 Å². The van der Waals surface area contributed by atoms with E-state index < -0.39 is 0 Å². The third kappa shape index (κ3) is 3.64. The number of nitrogens with zero attached hydrogens (tertiary/aromatic N) is 3.